The van der Waals surface area contributed by atoms with Gasteiger partial charge in [-0.2, -0.15) is 0 Å². The van der Waals surface area contributed by atoms with Crippen molar-refractivity contribution in [3.05, 3.63) is 35.9 Å². The van der Waals surface area contributed by atoms with Crippen molar-refractivity contribution < 1.29 is 0 Å². The fourth-order valence-electron chi connectivity index (χ4n) is 2.47. The average molecular weight is 261 g/mol. The molecule has 0 heterocycles. The van der Waals surface area contributed by atoms with E-state index in [1.54, 1.807) is 0 Å². The molecule has 1 nitrogen and oxygen atoms in total. The van der Waals surface area contributed by atoms with Crippen LogP contribution in [0.2, 0.25) is 0 Å². The molecule has 1 N–H and O–H groups in total. The van der Waals surface area contributed by atoms with E-state index in [0.29, 0.717) is 0 Å². The molecule has 1 aromatic carbocycles. The minimum absolute atomic E-state index is 0.821. The van der Waals surface area contributed by atoms with Gasteiger partial charge in [-0.05, 0) is 56.2 Å². The summed E-state index contributed by atoms with van der Waals surface area (Å²) >= 11 is 0. The minimum atomic E-state index is 0.821. The summed E-state index contributed by atoms with van der Waals surface area (Å²) in [6.07, 6.45) is 6.49. The Balaban J connectivity index is 2.39. The van der Waals surface area contributed by atoms with Gasteiger partial charge in [0.25, 0.3) is 0 Å². The lowest BCUT2D eigenvalue weighted by Gasteiger charge is -2.18. The van der Waals surface area contributed by atoms with Crippen LogP contribution in [0.3, 0.4) is 0 Å². The van der Waals surface area contributed by atoms with E-state index in [9.17, 15) is 0 Å². The van der Waals surface area contributed by atoms with Crippen molar-refractivity contribution in [2.45, 2.75) is 52.9 Å². The zero-order valence-electron chi connectivity index (χ0n) is 13.0. The molecule has 0 aliphatic heterocycles. The topological polar surface area (TPSA) is 12.0 Å². The highest BCUT2D eigenvalue weighted by molar-refractivity contribution is 5.15. The van der Waals surface area contributed by atoms with Crippen LogP contribution in [0.25, 0.3) is 0 Å². The number of hydrogen-bond donors (Lipinski definition) is 1. The third kappa shape index (κ3) is 8.05. The normalized spacial score (nSPS) is 12.8. The molecule has 0 bridgehead atoms. The summed E-state index contributed by atoms with van der Waals surface area (Å²) in [7, 11) is 0. The first-order valence-electron chi connectivity index (χ1n) is 7.97. The van der Waals surface area contributed by atoms with Gasteiger partial charge in [-0.15, -0.1) is 0 Å². The smallest absolute Gasteiger partial charge is 0.00462 e. The van der Waals surface area contributed by atoms with E-state index < -0.39 is 0 Å². The Kier molecular flexibility index (Phi) is 8.57. The van der Waals surface area contributed by atoms with Crippen molar-refractivity contribution >= 4 is 0 Å². The highest BCUT2D eigenvalue weighted by Crippen LogP contribution is 2.20. The maximum absolute atomic E-state index is 3.54. The second-order valence-corrected chi connectivity index (χ2v) is 6.07. The largest absolute Gasteiger partial charge is 0.317 e. The Morgan fingerprint density at radius 3 is 2.32 bits per heavy atom. The molecule has 1 atom stereocenters. The Morgan fingerprint density at radius 2 is 1.68 bits per heavy atom. The van der Waals surface area contributed by atoms with Gasteiger partial charge in [0.05, 0.1) is 0 Å². The van der Waals surface area contributed by atoms with Gasteiger partial charge in [0.1, 0.15) is 0 Å². The van der Waals surface area contributed by atoms with Crippen LogP contribution in [-0.2, 0) is 6.42 Å². The minimum Gasteiger partial charge on any atom is -0.317 e. The van der Waals surface area contributed by atoms with Crippen LogP contribution < -0.4 is 5.32 Å². The summed E-state index contributed by atoms with van der Waals surface area (Å²) in [4.78, 5) is 0. The van der Waals surface area contributed by atoms with E-state index in [2.05, 4.69) is 56.4 Å². The van der Waals surface area contributed by atoms with Crippen molar-refractivity contribution in [3.8, 4) is 0 Å². The lowest BCUT2D eigenvalue weighted by Crippen LogP contribution is -2.20. The zero-order chi connectivity index (χ0) is 13.9. The summed E-state index contributed by atoms with van der Waals surface area (Å²) in [6, 6.07) is 11.0. The fourth-order valence-corrected chi connectivity index (χ4v) is 2.47. The Hall–Kier alpha value is -0.820. The van der Waals surface area contributed by atoms with Crippen molar-refractivity contribution in [1.82, 2.24) is 5.32 Å². The molecule has 0 saturated carbocycles. The molecule has 0 radical (unpaired) electrons. The van der Waals surface area contributed by atoms with Crippen molar-refractivity contribution in [1.29, 1.82) is 0 Å². The summed E-state index contributed by atoms with van der Waals surface area (Å²) in [6.45, 7) is 9.21. The highest BCUT2D eigenvalue weighted by atomic mass is 14.8. The van der Waals surface area contributed by atoms with Crippen LogP contribution in [0.15, 0.2) is 30.3 Å². The summed E-state index contributed by atoms with van der Waals surface area (Å²) in [5, 5.41) is 3.54. The van der Waals surface area contributed by atoms with Crippen LogP contribution in [0.1, 0.15) is 52.0 Å². The Morgan fingerprint density at radius 1 is 0.947 bits per heavy atom. The molecule has 0 amide bonds. The van der Waals surface area contributed by atoms with Gasteiger partial charge in [-0.1, -0.05) is 57.5 Å². The van der Waals surface area contributed by atoms with Gasteiger partial charge < -0.3 is 5.32 Å². The quantitative estimate of drug-likeness (QED) is 0.603. The van der Waals surface area contributed by atoms with E-state index in [1.807, 2.05) is 0 Å². The van der Waals surface area contributed by atoms with Crippen LogP contribution in [0, 0.1) is 11.8 Å². The fraction of sp³-hybridized carbons (Fsp3) is 0.667. The van der Waals surface area contributed by atoms with Crippen molar-refractivity contribution in [2.24, 2.45) is 11.8 Å². The molecule has 0 spiro atoms. The van der Waals surface area contributed by atoms with Crippen LogP contribution in [0.5, 0.6) is 0 Å². The molecular formula is C18H31N. The number of rotatable bonds is 10. The summed E-state index contributed by atoms with van der Waals surface area (Å²) < 4.78 is 0. The first-order chi connectivity index (χ1) is 9.22. The van der Waals surface area contributed by atoms with Crippen LogP contribution in [0.4, 0.5) is 0 Å². The van der Waals surface area contributed by atoms with Crippen LogP contribution in [-0.4, -0.2) is 13.1 Å². The maximum atomic E-state index is 3.54. The molecule has 1 unspecified atom stereocenters. The third-order valence-corrected chi connectivity index (χ3v) is 3.68. The molecule has 0 saturated heterocycles. The molecule has 0 aliphatic carbocycles. The van der Waals surface area contributed by atoms with Gasteiger partial charge in [0.2, 0.25) is 0 Å². The Labute approximate surface area is 119 Å². The summed E-state index contributed by atoms with van der Waals surface area (Å²) in [5.41, 5.74) is 1.49. The van der Waals surface area contributed by atoms with Crippen LogP contribution >= 0.6 is 0 Å². The molecule has 0 fully saturated rings. The second kappa shape index (κ2) is 10.0. The van der Waals surface area contributed by atoms with E-state index in [1.165, 1.54) is 44.2 Å². The number of nitrogens with one attached hydrogen (secondary N) is 1. The molecule has 1 heteroatoms. The van der Waals surface area contributed by atoms with E-state index in [4.69, 9.17) is 0 Å². The molecule has 0 aromatic heterocycles. The molecule has 19 heavy (non-hydrogen) atoms. The van der Waals surface area contributed by atoms with E-state index in [0.717, 1.165) is 18.4 Å². The van der Waals surface area contributed by atoms with Crippen molar-refractivity contribution in [3.63, 3.8) is 0 Å². The lowest BCUT2D eigenvalue weighted by atomic mass is 9.89. The maximum Gasteiger partial charge on any atom is -0.00462 e. The molecule has 108 valence electrons. The molecule has 1 aromatic rings. The molecule has 1 rings (SSSR count). The van der Waals surface area contributed by atoms with E-state index in [-0.39, 0.29) is 0 Å². The monoisotopic (exact) mass is 261 g/mol. The Bertz CT molecular complexity index is 305. The number of benzene rings is 1. The second-order valence-electron chi connectivity index (χ2n) is 6.07. The first-order valence-corrected chi connectivity index (χ1v) is 7.97. The third-order valence-electron chi connectivity index (χ3n) is 3.68. The molecule has 0 aliphatic rings. The standard InChI is InChI=1S/C18H31N/c1-4-13-19-14-12-18(11-10-16(2)3)15-17-8-6-5-7-9-17/h5-9,16,18-19H,4,10-15H2,1-3H3. The van der Waals surface area contributed by atoms with E-state index >= 15 is 0 Å². The predicted octanol–water partition coefficient (Wildman–Crippen LogP) is 4.67. The predicted molar refractivity (Wildman–Crippen MR) is 85.5 cm³/mol. The zero-order valence-corrected chi connectivity index (χ0v) is 13.0. The van der Waals surface area contributed by atoms with Gasteiger partial charge >= 0.3 is 0 Å². The summed E-state index contributed by atoms with van der Waals surface area (Å²) in [5.74, 6) is 1.65. The average Bonchev–Trinajstić information content (AvgIpc) is 2.41. The SMILES string of the molecule is CCCNCCC(CCC(C)C)Cc1ccccc1. The van der Waals surface area contributed by atoms with Gasteiger partial charge in [0.15, 0.2) is 0 Å². The van der Waals surface area contributed by atoms with Gasteiger partial charge in [-0.3, -0.25) is 0 Å². The van der Waals surface area contributed by atoms with Gasteiger partial charge in [-0.25, -0.2) is 0 Å². The first kappa shape index (κ1) is 16.2. The lowest BCUT2D eigenvalue weighted by molar-refractivity contribution is 0.390. The van der Waals surface area contributed by atoms with Gasteiger partial charge in [0, 0.05) is 0 Å². The molecular weight excluding hydrogens is 230 g/mol. The van der Waals surface area contributed by atoms with Crippen molar-refractivity contribution in [2.75, 3.05) is 13.1 Å². The number of hydrogen-bond acceptors (Lipinski definition) is 1. The highest BCUT2D eigenvalue weighted by Gasteiger charge is 2.10.